The molecule has 5 heteroatoms. The fraction of sp³-hybridized carbons (Fsp3) is 0.214. The second kappa shape index (κ2) is 6.80. The lowest BCUT2D eigenvalue weighted by Crippen LogP contribution is -2.01. The molecule has 0 aliphatic rings. The van der Waals surface area contributed by atoms with Crippen LogP contribution in [-0.2, 0) is 0 Å². The largest absolute Gasteiger partial charge is 0.497 e. The van der Waals surface area contributed by atoms with E-state index in [0.29, 0.717) is 10.8 Å². The van der Waals surface area contributed by atoms with Crippen LogP contribution in [0.2, 0.25) is 5.02 Å². The van der Waals surface area contributed by atoms with Gasteiger partial charge in [0.25, 0.3) is 0 Å². The Balaban J connectivity index is 2.01. The van der Waals surface area contributed by atoms with E-state index in [-0.39, 0.29) is 0 Å². The minimum Gasteiger partial charge on any atom is -0.497 e. The quantitative estimate of drug-likeness (QED) is 0.856. The highest BCUT2D eigenvalue weighted by Crippen LogP contribution is 2.29. The fourth-order valence-electron chi connectivity index (χ4n) is 1.58. The molecule has 19 heavy (non-hydrogen) atoms. The summed E-state index contributed by atoms with van der Waals surface area (Å²) in [5.41, 5.74) is 0.818. The summed E-state index contributed by atoms with van der Waals surface area (Å²) in [6.45, 7) is 0. The van der Waals surface area contributed by atoms with E-state index in [1.54, 1.807) is 25.4 Å². The Morgan fingerprint density at radius 2 is 2.21 bits per heavy atom. The van der Waals surface area contributed by atoms with E-state index in [0.717, 1.165) is 16.3 Å². The first-order valence-corrected chi connectivity index (χ1v) is 7.12. The van der Waals surface area contributed by atoms with E-state index >= 15 is 0 Å². The van der Waals surface area contributed by atoms with Gasteiger partial charge in [-0.05, 0) is 29.8 Å². The van der Waals surface area contributed by atoms with Crippen molar-refractivity contribution in [2.75, 3.05) is 12.9 Å². The molecular formula is C14H14ClNO2S. The molecule has 2 rings (SSSR count). The number of halogens is 1. The number of aliphatic hydroxyl groups excluding tert-OH is 1. The summed E-state index contributed by atoms with van der Waals surface area (Å²) in [5.74, 6) is 1.22. The van der Waals surface area contributed by atoms with Crippen LogP contribution in [0.25, 0.3) is 0 Å². The van der Waals surface area contributed by atoms with Gasteiger partial charge in [-0.1, -0.05) is 23.7 Å². The first-order chi connectivity index (χ1) is 9.20. The van der Waals surface area contributed by atoms with Gasteiger partial charge >= 0.3 is 0 Å². The molecule has 1 N–H and O–H groups in total. The highest BCUT2D eigenvalue weighted by Gasteiger charge is 2.11. The summed E-state index contributed by atoms with van der Waals surface area (Å²) in [7, 11) is 1.61. The Bertz CT molecular complexity index is 550. The summed E-state index contributed by atoms with van der Waals surface area (Å²) in [6.07, 6.45) is 1.10. The van der Waals surface area contributed by atoms with Crippen LogP contribution in [0.15, 0.2) is 47.6 Å². The average Bonchev–Trinajstić information content (AvgIpc) is 2.46. The lowest BCUT2D eigenvalue weighted by Gasteiger charge is -2.11. The predicted molar refractivity (Wildman–Crippen MR) is 77.9 cm³/mol. The predicted octanol–water partition coefficient (Wildman–Crippen LogP) is 3.57. The second-order valence-electron chi connectivity index (χ2n) is 3.89. The van der Waals surface area contributed by atoms with Crippen LogP contribution in [0.4, 0.5) is 0 Å². The normalized spacial score (nSPS) is 12.2. The summed E-state index contributed by atoms with van der Waals surface area (Å²) in [4.78, 5) is 4.17. The molecule has 0 aliphatic heterocycles. The Hall–Kier alpha value is -1.23. The van der Waals surface area contributed by atoms with Gasteiger partial charge in [-0.25, -0.2) is 4.98 Å². The van der Waals surface area contributed by atoms with Gasteiger partial charge in [0, 0.05) is 11.9 Å². The third kappa shape index (κ3) is 3.86. The van der Waals surface area contributed by atoms with Crippen LogP contribution < -0.4 is 4.74 Å². The third-order valence-electron chi connectivity index (χ3n) is 2.58. The number of nitrogens with zero attached hydrogens (tertiary/aromatic N) is 1. The zero-order valence-electron chi connectivity index (χ0n) is 10.4. The standard InChI is InChI=1S/C14H14ClNO2S/c1-18-11-5-2-4-10(8-11)13(17)9-19-14-12(15)6-3-7-16-14/h2-8,13,17H,9H2,1H3. The maximum atomic E-state index is 10.1. The number of thioether (sulfide) groups is 1. The van der Waals surface area contributed by atoms with Gasteiger partial charge in [0.1, 0.15) is 10.8 Å². The summed E-state index contributed by atoms with van der Waals surface area (Å²) >= 11 is 7.45. The molecule has 0 saturated heterocycles. The van der Waals surface area contributed by atoms with Crippen molar-refractivity contribution >= 4 is 23.4 Å². The zero-order chi connectivity index (χ0) is 13.7. The molecule has 0 aliphatic carbocycles. The maximum absolute atomic E-state index is 10.1. The van der Waals surface area contributed by atoms with Gasteiger partial charge in [0.2, 0.25) is 0 Å². The van der Waals surface area contributed by atoms with E-state index in [1.165, 1.54) is 11.8 Å². The molecule has 100 valence electrons. The lowest BCUT2D eigenvalue weighted by molar-refractivity contribution is 0.203. The smallest absolute Gasteiger partial charge is 0.119 e. The lowest BCUT2D eigenvalue weighted by atomic mass is 10.1. The SMILES string of the molecule is COc1cccc(C(O)CSc2ncccc2Cl)c1. The van der Waals surface area contributed by atoms with Crippen molar-refractivity contribution in [2.45, 2.75) is 11.1 Å². The van der Waals surface area contributed by atoms with Crippen LogP contribution >= 0.6 is 23.4 Å². The van der Waals surface area contributed by atoms with Crippen molar-refractivity contribution in [3.63, 3.8) is 0 Å². The minimum absolute atomic E-state index is 0.490. The number of benzene rings is 1. The van der Waals surface area contributed by atoms with E-state index in [9.17, 15) is 5.11 Å². The molecule has 0 saturated carbocycles. The van der Waals surface area contributed by atoms with Crippen LogP contribution in [-0.4, -0.2) is 23.0 Å². The molecule has 1 atom stereocenters. The molecule has 0 radical (unpaired) electrons. The Kier molecular flexibility index (Phi) is 5.07. The van der Waals surface area contributed by atoms with Crippen molar-refractivity contribution in [2.24, 2.45) is 0 Å². The van der Waals surface area contributed by atoms with Gasteiger partial charge in [0.05, 0.1) is 18.2 Å². The van der Waals surface area contributed by atoms with E-state index in [1.807, 2.05) is 24.3 Å². The Morgan fingerprint density at radius 3 is 2.95 bits per heavy atom. The van der Waals surface area contributed by atoms with Gasteiger partial charge in [-0.15, -0.1) is 11.8 Å². The number of pyridine rings is 1. The zero-order valence-corrected chi connectivity index (χ0v) is 12.0. The van der Waals surface area contributed by atoms with Crippen LogP contribution in [0.3, 0.4) is 0 Å². The van der Waals surface area contributed by atoms with Crippen molar-refractivity contribution < 1.29 is 9.84 Å². The molecule has 1 unspecified atom stereocenters. The molecule has 0 spiro atoms. The van der Waals surface area contributed by atoms with Gasteiger partial charge in [-0.2, -0.15) is 0 Å². The monoisotopic (exact) mass is 295 g/mol. The summed E-state index contributed by atoms with van der Waals surface area (Å²) in [6, 6.07) is 11.0. The molecular weight excluding hydrogens is 282 g/mol. The number of ether oxygens (including phenoxy) is 1. The molecule has 1 aromatic heterocycles. The molecule has 0 fully saturated rings. The van der Waals surface area contributed by atoms with Crippen molar-refractivity contribution in [1.82, 2.24) is 4.98 Å². The number of rotatable bonds is 5. The highest BCUT2D eigenvalue weighted by molar-refractivity contribution is 7.99. The van der Waals surface area contributed by atoms with Crippen LogP contribution in [0, 0.1) is 0 Å². The maximum Gasteiger partial charge on any atom is 0.119 e. The fourth-order valence-corrected chi connectivity index (χ4v) is 2.72. The number of aliphatic hydroxyl groups is 1. The van der Waals surface area contributed by atoms with E-state index < -0.39 is 6.10 Å². The number of methoxy groups -OCH3 is 1. The molecule has 0 amide bonds. The van der Waals surface area contributed by atoms with Gasteiger partial charge in [-0.3, -0.25) is 0 Å². The molecule has 0 bridgehead atoms. The number of aromatic nitrogens is 1. The van der Waals surface area contributed by atoms with Crippen molar-refractivity contribution in [1.29, 1.82) is 0 Å². The Morgan fingerprint density at radius 1 is 1.37 bits per heavy atom. The second-order valence-corrected chi connectivity index (χ2v) is 5.31. The summed E-state index contributed by atoms with van der Waals surface area (Å²) < 4.78 is 5.14. The van der Waals surface area contributed by atoms with Gasteiger partial charge < -0.3 is 9.84 Å². The van der Waals surface area contributed by atoms with Crippen LogP contribution in [0.5, 0.6) is 5.75 Å². The van der Waals surface area contributed by atoms with Crippen molar-refractivity contribution in [3.05, 3.63) is 53.2 Å². The summed E-state index contributed by atoms with van der Waals surface area (Å²) in [5, 5.41) is 11.5. The molecule has 1 aromatic carbocycles. The number of hydrogen-bond acceptors (Lipinski definition) is 4. The van der Waals surface area contributed by atoms with Crippen molar-refractivity contribution in [3.8, 4) is 5.75 Å². The topological polar surface area (TPSA) is 42.4 Å². The first-order valence-electron chi connectivity index (χ1n) is 5.76. The van der Waals surface area contributed by atoms with Gasteiger partial charge in [0.15, 0.2) is 0 Å². The molecule has 1 heterocycles. The Labute approximate surface area is 121 Å². The van der Waals surface area contributed by atoms with E-state index in [4.69, 9.17) is 16.3 Å². The van der Waals surface area contributed by atoms with E-state index in [2.05, 4.69) is 4.98 Å². The molecule has 3 nitrogen and oxygen atoms in total. The van der Waals surface area contributed by atoms with Crippen LogP contribution in [0.1, 0.15) is 11.7 Å². The third-order valence-corrected chi connectivity index (χ3v) is 4.08. The average molecular weight is 296 g/mol. The first kappa shape index (κ1) is 14.2. The highest BCUT2D eigenvalue weighted by atomic mass is 35.5. The number of hydrogen-bond donors (Lipinski definition) is 1. The minimum atomic E-state index is -0.585. The molecule has 2 aromatic rings.